The minimum atomic E-state index is 0.504. The van der Waals surface area contributed by atoms with Crippen LogP contribution in [0.5, 0.6) is 0 Å². The predicted molar refractivity (Wildman–Crippen MR) is 88.4 cm³/mol. The molecule has 2 unspecified atom stereocenters. The van der Waals surface area contributed by atoms with Crippen LogP contribution in [0.3, 0.4) is 0 Å². The Bertz CT molecular complexity index is 385. The van der Waals surface area contributed by atoms with Gasteiger partial charge in [-0.1, -0.05) is 32.9 Å². The fourth-order valence-electron chi connectivity index (χ4n) is 3.16. The first-order chi connectivity index (χ1) is 9.74. The summed E-state index contributed by atoms with van der Waals surface area (Å²) in [5.41, 5.74) is 2.82. The molecule has 1 fully saturated rings. The van der Waals surface area contributed by atoms with Gasteiger partial charge in [0.15, 0.2) is 0 Å². The van der Waals surface area contributed by atoms with Crippen molar-refractivity contribution < 1.29 is 0 Å². The third-order valence-corrected chi connectivity index (χ3v) is 4.37. The van der Waals surface area contributed by atoms with Gasteiger partial charge in [0.2, 0.25) is 0 Å². The van der Waals surface area contributed by atoms with Gasteiger partial charge in [0.05, 0.1) is 0 Å². The van der Waals surface area contributed by atoms with E-state index in [1.165, 1.54) is 43.6 Å². The number of nitrogens with zero attached hydrogens (tertiary/aromatic N) is 1. The van der Waals surface area contributed by atoms with Crippen molar-refractivity contribution in [1.82, 2.24) is 5.32 Å². The van der Waals surface area contributed by atoms with Crippen LogP contribution < -0.4 is 10.2 Å². The second-order valence-corrected chi connectivity index (χ2v) is 6.20. The highest BCUT2D eigenvalue weighted by Crippen LogP contribution is 2.25. The lowest BCUT2D eigenvalue weighted by Gasteiger charge is -2.33. The summed E-state index contributed by atoms with van der Waals surface area (Å²) in [5.74, 6) is 0.832. The number of benzene rings is 1. The van der Waals surface area contributed by atoms with E-state index in [0.717, 1.165) is 18.9 Å². The highest BCUT2D eigenvalue weighted by molar-refractivity contribution is 5.48. The van der Waals surface area contributed by atoms with Crippen LogP contribution in [-0.4, -0.2) is 19.6 Å². The first-order valence-electron chi connectivity index (χ1n) is 8.32. The molecule has 1 aromatic rings. The minimum Gasteiger partial charge on any atom is -0.371 e. The molecule has 0 aromatic heterocycles. The summed E-state index contributed by atoms with van der Waals surface area (Å²) in [6, 6.07) is 9.74. The zero-order valence-electron chi connectivity index (χ0n) is 13.4. The van der Waals surface area contributed by atoms with Gasteiger partial charge in [0.1, 0.15) is 0 Å². The van der Waals surface area contributed by atoms with Gasteiger partial charge in [-0.3, -0.25) is 0 Å². The summed E-state index contributed by atoms with van der Waals surface area (Å²) < 4.78 is 0. The summed E-state index contributed by atoms with van der Waals surface area (Å²) in [6.45, 7) is 10.4. The van der Waals surface area contributed by atoms with Crippen molar-refractivity contribution in [3.05, 3.63) is 29.8 Å². The first-order valence-corrected chi connectivity index (χ1v) is 8.32. The first kappa shape index (κ1) is 15.4. The molecule has 1 aromatic carbocycles. The molecular formula is C18H30N2. The Balaban J connectivity index is 2.01. The summed E-state index contributed by atoms with van der Waals surface area (Å²) in [6.07, 6.45) is 5.06. The Morgan fingerprint density at radius 1 is 1.25 bits per heavy atom. The second-order valence-electron chi connectivity index (χ2n) is 6.20. The van der Waals surface area contributed by atoms with Crippen LogP contribution in [-0.2, 0) is 0 Å². The molecule has 112 valence electrons. The molecule has 1 saturated heterocycles. The molecule has 0 spiro atoms. The van der Waals surface area contributed by atoms with E-state index in [-0.39, 0.29) is 0 Å². The van der Waals surface area contributed by atoms with E-state index in [2.05, 4.69) is 55.3 Å². The van der Waals surface area contributed by atoms with Crippen LogP contribution in [0, 0.1) is 5.92 Å². The summed E-state index contributed by atoms with van der Waals surface area (Å²) in [7, 11) is 0. The van der Waals surface area contributed by atoms with Gasteiger partial charge < -0.3 is 10.2 Å². The van der Waals surface area contributed by atoms with Crippen molar-refractivity contribution in [2.75, 3.05) is 24.5 Å². The van der Waals surface area contributed by atoms with Crippen molar-refractivity contribution in [2.24, 2.45) is 5.92 Å². The van der Waals surface area contributed by atoms with Gasteiger partial charge in [-0.2, -0.15) is 0 Å². The molecule has 2 nitrogen and oxygen atoms in total. The number of anilines is 1. The SMILES string of the molecule is CCCNC(CC)c1ccc(N2CCCC(C)C2)cc1. The van der Waals surface area contributed by atoms with Crippen molar-refractivity contribution in [2.45, 2.75) is 52.5 Å². The van der Waals surface area contributed by atoms with Crippen LogP contribution in [0.2, 0.25) is 0 Å². The third kappa shape index (κ3) is 3.99. The molecule has 2 heteroatoms. The lowest BCUT2D eigenvalue weighted by Crippen LogP contribution is -2.34. The van der Waals surface area contributed by atoms with E-state index in [1.807, 2.05) is 0 Å². The van der Waals surface area contributed by atoms with E-state index >= 15 is 0 Å². The number of hydrogen-bond donors (Lipinski definition) is 1. The van der Waals surface area contributed by atoms with Crippen LogP contribution in [0.1, 0.15) is 58.1 Å². The lowest BCUT2D eigenvalue weighted by molar-refractivity contribution is 0.446. The molecule has 1 aliphatic heterocycles. The van der Waals surface area contributed by atoms with Gasteiger partial charge in [0, 0.05) is 24.8 Å². The van der Waals surface area contributed by atoms with E-state index in [1.54, 1.807) is 0 Å². The molecule has 20 heavy (non-hydrogen) atoms. The standard InChI is InChI=1S/C18H30N2/c1-4-12-19-18(5-2)16-8-10-17(11-9-16)20-13-6-7-15(3)14-20/h8-11,15,18-19H,4-7,12-14H2,1-3H3. The normalized spacial score (nSPS) is 20.9. The zero-order valence-corrected chi connectivity index (χ0v) is 13.4. The second kappa shape index (κ2) is 7.68. The van der Waals surface area contributed by atoms with E-state index in [9.17, 15) is 0 Å². The maximum atomic E-state index is 3.63. The fraction of sp³-hybridized carbons (Fsp3) is 0.667. The Morgan fingerprint density at radius 3 is 2.60 bits per heavy atom. The molecule has 1 heterocycles. The lowest BCUT2D eigenvalue weighted by atomic mass is 9.99. The molecular weight excluding hydrogens is 244 g/mol. The summed E-state index contributed by atoms with van der Waals surface area (Å²) in [5, 5.41) is 3.63. The molecule has 1 aliphatic rings. The topological polar surface area (TPSA) is 15.3 Å². The average Bonchev–Trinajstić information content (AvgIpc) is 2.49. The smallest absolute Gasteiger partial charge is 0.0366 e. The van der Waals surface area contributed by atoms with Gasteiger partial charge >= 0.3 is 0 Å². The maximum Gasteiger partial charge on any atom is 0.0366 e. The highest BCUT2D eigenvalue weighted by Gasteiger charge is 2.17. The molecule has 2 rings (SSSR count). The molecule has 0 aliphatic carbocycles. The largest absolute Gasteiger partial charge is 0.371 e. The maximum absolute atomic E-state index is 3.63. The molecule has 1 N–H and O–H groups in total. The number of hydrogen-bond acceptors (Lipinski definition) is 2. The van der Waals surface area contributed by atoms with Gasteiger partial charge in [-0.25, -0.2) is 0 Å². The Hall–Kier alpha value is -1.02. The molecule has 2 atom stereocenters. The van der Waals surface area contributed by atoms with Crippen LogP contribution >= 0.6 is 0 Å². The quantitative estimate of drug-likeness (QED) is 0.828. The van der Waals surface area contributed by atoms with Crippen molar-refractivity contribution >= 4 is 5.69 Å². The molecule has 0 bridgehead atoms. The summed E-state index contributed by atoms with van der Waals surface area (Å²) in [4.78, 5) is 2.54. The fourth-order valence-corrected chi connectivity index (χ4v) is 3.16. The molecule has 0 saturated carbocycles. The number of rotatable bonds is 6. The summed E-state index contributed by atoms with van der Waals surface area (Å²) >= 11 is 0. The average molecular weight is 274 g/mol. The number of nitrogens with one attached hydrogen (secondary N) is 1. The molecule has 0 amide bonds. The van der Waals surface area contributed by atoms with Crippen LogP contribution in [0.15, 0.2) is 24.3 Å². The van der Waals surface area contributed by atoms with Crippen molar-refractivity contribution in [3.8, 4) is 0 Å². The number of piperidine rings is 1. The van der Waals surface area contributed by atoms with E-state index in [4.69, 9.17) is 0 Å². The molecule has 0 radical (unpaired) electrons. The third-order valence-electron chi connectivity index (χ3n) is 4.37. The van der Waals surface area contributed by atoms with Gasteiger partial charge in [-0.05, 0) is 55.8 Å². The Labute approximate surface area is 124 Å². The van der Waals surface area contributed by atoms with E-state index < -0.39 is 0 Å². The Kier molecular flexibility index (Phi) is 5.90. The Morgan fingerprint density at radius 2 is 2.00 bits per heavy atom. The van der Waals surface area contributed by atoms with Crippen molar-refractivity contribution in [1.29, 1.82) is 0 Å². The monoisotopic (exact) mass is 274 g/mol. The van der Waals surface area contributed by atoms with Gasteiger partial charge in [-0.15, -0.1) is 0 Å². The van der Waals surface area contributed by atoms with Crippen LogP contribution in [0.25, 0.3) is 0 Å². The van der Waals surface area contributed by atoms with Gasteiger partial charge in [0.25, 0.3) is 0 Å². The zero-order chi connectivity index (χ0) is 14.4. The van der Waals surface area contributed by atoms with Crippen molar-refractivity contribution in [3.63, 3.8) is 0 Å². The van der Waals surface area contributed by atoms with E-state index in [0.29, 0.717) is 6.04 Å². The predicted octanol–water partition coefficient (Wildman–Crippen LogP) is 4.37. The minimum absolute atomic E-state index is 0.504. The van der Waals surface area contributed by atoms with Crippen LogP contribution in [0.4, 0.5) is 5.69 Å². The highest BCUT2D eigenvalue weighted by atomic mass is 15.1.